The molecule has 6 rings (SSSR count). The molecule has 1 aromatic heterocycles. The number of esters is 2. The van der Waals surface area contributed by atoms with E-state index in [0.29, 0.717) is 22.1 Å². The summed E-state index contributed by atoms with van der Waals surface area (Å²) >= 11 is 0. The first-order chi connectivity index (χ1) is 19.6. The lowest BCUT2D eigenvalue weighted by Gasteiger charge is -2.13. The van der Waals surface area contributed by atoms with Crippen LogP contribution in [0.4, 0.5) is 0 Å². The van der Waals surface area contributed by atoms with Gasteiger partial charge in [0.2, 0.25) is 0 Å². The normalized spacial score (nSPS) is 10.9. The monoisotopic (exact) mass is 524 g/mol. The molecule has 0 spiro atoms. The minimum Gasteiger partial charge on any atom is -0.462 e. The van der Waals surface area contributed by atoms with Crippen LogP contribution in [0.3, 0.4) is 0 Å². The molecule has 0 atom stereocenters. The number of nitrogens with zero attached hydrogens (tertiary/aromatic N) is 2. The van der Waals surface area contributed by atoms with Gasteiger partial charge in [-0.2, -0.15) is 0 Å². The molecule has 6 nitrogen and oxygen atoms in total. The Hall–Kier alpha value is -5.36. The zero-order chi connectivity index (χ0) is 27.5. The van der Waals surface area contributed by atoms with Gasteiger partial charge in [-0.05, 0) is 36.6 Å². The van der Waals surface area contributed by atoms with E-state index in [4.69, 9.17) is 19.4 Å². The van der Waals surface area contributed by atoms with Crippen LogP contribution in [0.25, 0.3) is 44.3 Å². The molecule has 40 heavy (non-hydrogen) atoms. The minimum atomic E-state index is -0.612. The van der Waals surface area contributed by atoms with E-state index in [9.17, 15) is 9.59 Å². The van der Waals surface area contributed by atoms with E-state index in [1.54, 1.807) is 37.3 Å². The third-order valence-corrected chi connectivity index (χ3v) is 6.56. The fourth-order valence-electron chi connectivity index (χ4n) is 4.65. The number of carbonyl (C=O) groups excluding carboxylic acids is 2. The molecule has 0 amide bonds. The molecule has 6 heteroatoms. The van der Waals surface area contributed by atoms with Crippen molar-refractivity contribution < 1.29 is 19.1 Å². The Morgan fingerprint density at radius 3 is 1.95 bits per heavy atom. The van der Waals surface area contributed by atoms with E-state index in [2.05, 4.69) is 0 Å². The first kappa shape index (κ1) is 24.9. The zero-order valence-electron chi connectivity index (χ0n) is 21.7. The average Bonchev–Trinajstić information content (AvgIpc) is 3.01. The van der Waals surface area contributed by atoms with Crippen molar-refractivity contribution >= 4 is 33.7 Å². The molecular weight excluding hydrogens is 500 g/mol. The Kier molecular flexibility index (Phi) is 6.73. The molecule has 194 valence electrons. The third-order valence-electron chi connectivity index (χ3n) is 6.56. The van der Waals surface area contributed by atoms with Crippen molar-refractivity contribution in [3.63, 3.8) is 0 Å². The quantitative estimate of drug-likeness (QED) is 0.166. The molecule has 5 aromatic carbocycles. The maximum atomic E-state index is 13.5. The van der Waals surface area contributed by atoms with Crippen molar-refractivity contribution in [2.75, 3.05) is 6.61 Å². The Bertz CT molecular complexity index is 1870. The number of carbonyl (C=O) groups is 2. The van der Waals surface area contributed by atoms with Gasteiger partial charge in [-0.25, -0.2) is 19.6 Å². The van der Waals surface area contributed by atoms with Gasteiger partial charge in [0.25, 0.3) is 0 Å². The standard InChI is InChI=1S/C34H24N2O4/c1-2-39-34(38)27-19-17-22-11-9-10-16-26(22)32(27)40-33(37)25-18-20-28-29(21-25)36-31(24-14-7-4-8-15-24)30(35-28)23-12-5-3-6-13-23/h3-21H,2H2,1H3. The second-order valence-corrected chi connectivity index (χ2v) is 9.13. The Balaban J connectivity index is 1.43. The SMILES string of the molecule is CCOC(=O)c1ccc2ccccc2c1OC(=O)c1ccc2nc(-c3ccccc3)c(-c3ccccc3)nc2c1. The molecule has 0 unspecified atom stereocenters. The Morgan fingerprint density at radius 2 is 1.27 bits per heavy atom. The fourth-order valence-corrected chi connectivity index (χ4v) is 4.65. The Morgan fingerprint density at radius 1 is 0.650 bits per heavy atom. The van der Waals surface area contributed by atoms with E-state index >= 15 is 0 Å². The second kappa shape index (κ2) is 10.8. The van der Waals surface area contributed by atoms with Crippen LogP contribution in [0, 0.1) is 0 Å². The molecule has 0 saturated carbocycles. The van der Waals surface area contributed by atoms with Gasteiger partial charge >= 0.3 is 11.9 Å². The summed E-state index contributed by atoms with van der Waals surface area (Å²) < 4.78 is 11.1. The molecule has 1 heterocycles. The van der Waals surface area contributed by atoms with E-state index in [-0.39, 0.29) is 23.5 Å². The molecule has 0 N–H and O–H groups in total. The van der Waals surface area contributed by atoms with Gasteiger partial charge in [-0.1, -0.05) is 91.0 Å². The lowest BCUT2D eigenvalue weighted by Crippen LogP contribution is -2.13. The van der Waals surface area contributed by atoms with Crippen LogP contribution in [0.2, 0.25) is 0 Å². The minimum absolute atomic E-state index is 0.164. The summed E-state index contributed by atoms with van der Waals surface area (Å²) in [7, 11) is 0. The van der Waals surface area contributed by atoms with Crippen molar-refractivity contribution in [1.82, 2.24) is 9.97 Å². The molecule has 6 aromatic rings. The summed E-state index contributed by atoms with van der Waals surface area (Å²) in [5, 5.41) is 1.48. The highest BCUT2D eigenvalue weighted by atomic mass is 16.5. The van der Waals surface area contributed by atoms with Crippen molar-refractivity contribution in [3.05, 3.63) is 126 Å². The summed E-state index contributed by atoms with van der Waals surface area (Å²) in [6.07, 6.45) is 0. The zero-order valence-corrected chi connectivity index (χ0v) is 21.7. The van der Waals surface area contributed by atoms with Crippen LogP contribution >= 0.6 is 0 Å². The summed E-state index contributed by atoms with van der Waals surface area (Å²) in [4.78, 5) is 36.0. The summed E-state index contributed by atoms with van der Waals surface area (Å²) in [5.74, 6) is -1.00. The van der Waals surface area contributed by atoms with Gasteiger partial charge in [0, 0.05) is 16.5 Å². The third kappa shape index (κ3) is 4.78. The number of fused-ring (bicyclic) bond motifs is 2. The van der Waals surface area contributed by atoms with Crippen LogP contribution < -0.4 is 4.74 Å². The summed E-state index contributed by atoms with van der Waals surface area (Å²) in [6, 6.07) is 35.6. The molecule has 0 saturated heterocycles. The smallest absolute Gasteiger partial charge is 0.343 e. The highest BCUT2D eigenvalue weighted by molar-refractivity contribution is 6.04. The maximum Gasteiger partial charge on any atom is 0.343 e. The van der Waals surface area contributed by atoms with E-state index in [1.165, 1.54) is 0 Å². The predicted octanol–water partition coefficient (Wildman–Crippen LogP) is 7.51. The van der Waals surface area contributed by atoms with Gasteiger partial charge in [0.15, 0.2) is 5.75 Å². The molecular formula is C34H24N2O4. The topological polar surface area (TPSA) is 78.4 Å². The highest BCUT2D eigenvalue weighted by Crippen LogP contribution is 2.33. The average molecular weight is 525 g/mol. The molecule has 0 aliphatic rings. The van der Waals surface area contributed by atoms with Crippen LogP contribution in [0.15, 0.2) is 115 Å². The Labute approximate surface area is 230 Å². The highest BCUT2D eigenvalue weighted by Gasteiger charge is 2.21. The molecule has 0 fully saturated rings. The van der Waals surface area contributed by atoms with Crippen LogP contribution in [0.1, 0.15) is 27.6 Å². The van der Waals surface area contributed by atoms with Crippen molar-refractivity contribution in [2.24, 2.45) is 0 Å². The lowest BCUT2D eigenvalue weighted by atomic mass is 10.0. The van der Waals surface area contributed by atoms with Crippen LogP contribution in [-0.4, -0.2) is 28.5 Å². The number of hydrogen-bond acceptors (Lipinski definition) is 6. The summed E-state index contributed by atoms with van der Waals surface area (Å²) in [5.41, 5.74) is 5.00. The van der Waals surface area contributed by atoms with Gasteiger partial charge in [0.1, 0.15) is 5.56 Å². The molecule has 0 bridgehead atoms. The van der Waals surface area contributed by atoms with Gasteiger partial charge in [-0.3, -0.25) is 0 Å². The van der Waals surface area contributed by atoms with Crippen LogP contribution in [-0.2, 0) is 4.74 Å². The van der Waals surface area contributed by atoms with E-state index in [1.807, 2.05) is 84.9 Å². The second-order valence-electron chi connectivity index (χ2n) is 9.13. The summed E-state index contributed by atoms with van der Waals surface area (Å²) in [6.45, 7) is 1.94. The number of rotatable bonds is 6. The predicted molar refractivity (Wildman–Crippen MR) is 155 cm³/mol. The van der Waals surface area contributed by atoms with Gasteiger partial charge < -0.3 is 9.47 Å². The first-order valence-electron chi connectivity index (χ1n) is 13.0. The maximum absolute atomic E-state index is 13.5. The first-order valence-corrected chi connectivity index (χ1v) is 13.0. The number of hydrogen-bond donors (Lipinski definition) is 0. The van der Waals surface area contributed by atoms with Gasteiger partial charge in [-0.15, -0.1) is 0 Å². The van der Waals surface area contributed by atoms with Gasteiger partial charge in [0.05, 0.1) is 34.6 Å². The van der Waals surface area contributed by atoms with Crippen molar-refractivity contribution in [2.45, 2.75) is 6.92 Å². The number of ether oxygens (including phenoxy) is 2. The lowest BCUT2D eigenvalue weighted by molar-refractivity contribution is 0.0521. The van der Waals surface area contributed by atoms with E-state index < -0.39 is 11.9 Å². The number of benzene rings is 5. The van der Waals surface area contributed by atoms with Crippen LogP contribution in [0.5, 0.6) is 5.75 Å². The number of aromatic nitrogens is 2. The fraction of sp³-hybridized carbons (Fsp3) is 0.0588. The molecule has 0 radical (unpaired) electrons. The molecule has 0 aliphatic carbocycles. The largest absolute Gasteiger partial charge is 0.462 e. The van der Waals surface area contributed by atoms with E-state index in [0.717, 1.165) is 22.2 Å². The van der Waals surface area contributed by atoms with Crippen molar-refractivity contribution in [3.8, 4) is 28.3 Å². The van der Waals surface area contributed by atoms with Crippen molar-refractivity contribution in [1.29, 1.82) is 0 Å². The molecule has 0 aliphatic heterocycles.